The summed E-state index contributed by atoms with van der Waals surface area (Å²) in [6.07, 6.45) is 4.05. The van der Waals surface area contributed by atoms with Gasteiger partial charge in [-0.1, -0.05) is 0 Å². The fourth-order valence-corrected chi connectivity index (χ4v) is 1.04. The Labute approximate surface area is 71.7 Å². The Morgan fingerprint density at radius 2 is 2.00 bits per heavy atom. The van der Waals surface area contributed by atoms with Gasteiger partial charge in [0.2, 0.25) is 0 Å². The number of hydrogen-bond donors (Lipinski definition) is 2. The second-order valence-electron chi connectivity index (χ2n) is 2.66. The molecule has 3 heteroatoms. The minimum atomic E-state index is -0.472. The van der Waals surface area contributed by atoms with Crippen molar-refractivity contribution in [2.24, 2.45) is 0 Å². The highest BCUT2D eigenvalue weighted by Crippen LogP contribution is 2.16. The van der Waals surface area contributed by atoms with Gasteiger partial charge in [-0.15, -0.1) is 0 Å². The van der Waals surface area contributed by atoms with Crippen LogP contribution in [0.3, 0.4) is 0 Å². The van der Waals surface area contributed by atoms with Crippen LogP contribution in [0.5, 0.6) is 0 Å². The largest absolute Gasteiger partial charge is 0.396 e. The Kier molecular flexibility index (Phi) is 3.70. The first kappa shape index (κ1) is 9.16. The highest BCUT2D eigenvalue weighted by molar-refractivity contribution is 5.12. The molecule has 1 aromatic rings. The first-order chi connectivity index (χ1) is 5.84. The summed E-state index contributed by atoms with van der Waals surface area (Å²) in [6, 6.07) is 3.56. The van der Waals surface area contributed by atoms with E-state index in [0.29, 0.717) is 12.8 Å². The molecule has 66 valence electrons. The minimum absolute atomic E-state index is 0.127. The van der Waals surface area contributed by atoms with Crippen LogP contribution in [0.15, 0.2) is 24.5 Å². The van der Waals surface area contributed by atoms with E-state index in [1.807, 2.05) is 0 Å². The third-order valence-electron chi connectivity index (χ3n) is 1.73. The number of pyridine rings is 1. The summed E-state index contributed by atoms with van der Waals surface area (Å²) in [5, 5.41) is 18.1. The van der Waals surface area contributed by atoms with Gasteiger partial charge in [-0.05, 0) is 30.5 Å². The van der Waals surface area contributed by atoms with Crippen molar-refractivity contribution in [3.63, 3.8) is 0 Å². The van der Waals surface area contributed by atoms with Gasteiger partial charge in [-0.2, -0.15) is 0 Å². The van der Waals surface area contributed by atoms with Crippen LogP contribution in [0.4, 0.5) is 0 Å². The van der Waals surface area contributed by atoms with Gasteiger partial charge in [0.15, 0.2) is 0 Å². The fourth-order valence-electron chi connectivity index (χ4n) is 1.04. The second-order valence-corrected chi connectivity index (χ2v) is 2.66. The van der Waals surface area contributed by atoms with Crippen LogP contribution in [-0.2, 0) is 0 Å². The van der Waals surface area contributed by atoms with Crippen molar-refractivity contribution in [2.75, 3.05) is 6.61 Å². The van der Waals surface area contributed by atoms with Crippen molar-refractivity contribution in [1.29, 1.82) is 0 Å². The molecule has 0 saturated heterocycles. The Bertz CT molecular complexity index is 213. The molecule has 1 aromatic heterocycles. The quantitative estimate of drug-likeness (QED) is 0.700. The van der Waals surface area contributed by atoms with Crippen LogP contribution in [-0.4, -0.2) is 21.8 Å². The van der Waals surface area contributed by atoms with Crippen molar-refractivity contribution in [1.82, 2.24) is 4.98 Å². The van der Waals surface area contributed by atoms with Gasteiger partial charge in [0, 0.05) is 19.0 Å². The van der Waals surface area contributed by atoms with E-state index >= 15 is 0 Å². The van der Waals surface area contributed by atoms with Crippen molar-refractivity contribution in [3.05, 3.63) is 30.1 Å². The average molecular weight is 167 g/mol. The number of nitrogens with zero attached hydrogens (tertiary/aromatic N) is 1. The Balaban J connectivity index is 2.48. The molecule has 2 N–H and O–H groups in total. The fraction of sp³-hybridized carbons (Fsp3) is 0.444. The van der Waals surface area contributed by atoms with Crippen molar-refractivity contribution in [2.45, 2.75) is 18.9 Å². The van der Waals surface area contributed by atoms with E-state index in [4.69, 9.17) is 5.11 Å². The molecular weight excluding hydrogens is 154 g/mol. The Hall–Kier alpha value is -0.930. The van der Waals surface area contributed by atoms with Gasteiger partial charge >= 0.3 is 0 Å². The zero-order chi connectivity index (χ0) is 8.81. The summed E-state index contributed by atoms with van der Waals surface area (Å²) in [6.45, 7) is 0.127. The van der Waals surface area contributed by atoms with Gasteiger partial charge in [0.25, 0.3) is 0 Å². The van der Waals surface area contributed by atoms with Gasteiger partial charge < -0.3 is 10.2 Å². The molecule has 0 aliphatic rings. The van der Waals surface area contributed by atoms with Crippen molar-refractivity contribution >= 4 is 0 Å². The molecule has 0 fully saturated rings. The van der Waals surface area contributed by atoms with Gasteiger partial charge in [-0.25, -0.2) is 0 Å². The van der Waals surface area contributed by atoms with E-state index in [1.165, 1.54) is 0 Å². The molecule has 3 nitrogen and oxygen atoms in total. The summed E-state index contributed by atoms with van der Waals surface area (Å²) in [4.78, 5) is 3.85. The summed E-state index contributed by atoms with van der Waals surface area (Å²) in [7, 11) is 0. The maximum atomic E-state index is 9.51. The molecule has 0 amide bonds. The lowest BCUT2D eigenvalue weighted by atomic mass is 10.1. The lowest BCUT2D eigenvalue weighted by molar-refractivity contribution is 0.151. The van der Waals surface area contributed by atoms with Crippen LogP contribution < -0.4 is 0 Å². The van der Waals surface area contributed by atoms with E-state index in [1.54, 1.807) is 24.5 Å². The highest BCUT2D eigenvalue weighted by Gasteiger charge is 2.04. The van der Waals surface area contributed by atoms with Crippen LogP contribution in [0.1, 0.15) is 24.5 Å². The molecule has 1 unspecified atom stereocenters. The number of hydrogen-bond acceptors (Lipinski definition) is 3. The van der Waals surface area contributed by atoms with Crippen molar-refractivity contribution < 1.29 is 10.2 Å². The van der Waals surface area contributed by atoms with Gasteiger partial charge in [0.1, 0.15) is 0 Å². The maximum Gasteiger partial charge on any atom is 0.0792 e. The molecule has 0 spiro atoms. The van der Waals surface area contributed by atoms with Crippen LogP contribution in [0.25, 0.3) is 0 Å². The number of aliphatic hydroxyl groups excluding tert-OH is 2. The molecule has 0 radical (unpaired) electrons. The van der Waals surface area contributed by atoms with E-state index < -0.39 is 6.10 Å². The Morgan fingerprint density at radius 3 is 2.58 bits per heavy atom. The van der Waals surface area contributed by atoms with E-state index in [-0.39, 0.29) is 6.61 Å². The third kappa shape index (κ3) is 2.60. The first-order valence-electron chi connectivity index (χ1n) is 4.03. The predicted molar refractivity (Wildman–Crippen MR) is 45.5 cm³/mol. The first-order valence-corrected chi connectivity index (χ1v) is 4.03. The summed E-state index contributed by atoms with van der Waals surface area (Å²) < 4.78 is 0. The SMILES string of the molecule is OCCCC(O)c1ccncc1. The second kappa shape index (κ2) is 4.85. The topological polar surface area (TPSA) is 53.4 Å². The molecular formula is C9H13NO2. The molecule has 1 rings (SSSR count). The summed E-state index contributed by atoms with van der Waals surface area (Å²) in [5.74, 6) is 0. The zero-order valence-corrected chi connectivity index (χ0v) is 6.85. The average Bonchev–Trinajstić information content (AvgIpc) is 2.15. The van der Waals surface area contributed by atoms with Crippen molar-refractivity contribution in [3.8, 4) is 0 Å². The monoisotopic (exact) mass is 167 g/mol. The number of aliphatic hydroxyl groups is 2. The lowest BCUT2D eigenvalue weighted by Crippen LogP contribution is -1.98. The molecule has 1 heterocycles. The smallest absolute Gasteiger partial charge is 0.0792 e. The summed E-state index contributed by atoms with van der Waals surface area (Å²) in [5.41, 5.74) is 0.860. The molecule has 0 aliphatic carbocycles. The Morgan fingerprint density at radius 1 is 1.33 bits per heavy atom. The van der Waals surface area contributed by atoms with E-state index in [2.05, 4.69) is 4.98 Å². The van der Waals surface area contributed by atoms with Gasteiger partial charge in [0.05, 0.1) is 6.10 Å². The third-order valence-corrected chi connectivity index (χ3v) is 1.73. The zero-order valence-electron chi connectivity index (χ0n) is 6.85. The molecule has 1 atom stereocenters. The molecule has 0 aliphatic heterocycles. The van der Waals surface area contributed by atoms with Crippen LogP contribution in [0, 0.1) is 0 Å². The normalized spacial score (nSPS) is 12.8. The predicted octanol–water partition coefficient (Wildman–Crippen LogP) is 0.887. The standard InChI is InChI=1S/C9H13NO2/c11-7-1-2-9(12)8-3-5-10-6-4-8/h3-6,9,11-12H,1-2,7H2. The van der Waals surface area contributed by atoms with Gasteiger partial charge in [-0.3, -0.25) is 4.98 Å². The van der Waals surface area contributed by atoms with Crippen LogP contribution in [0.2, 0.25) is 0 Å². The minimum Gasteiger partial charge on any atom is -0.396 e. The molecule has 0 aromatic carbocycles. The maximum absolute atomic E-state index is 9.51. The van der Waals surface area contributed by atoms with E-state index in [0.717, 1.165) is 5.56 Å². The molecule has 0 saturated carbocycles. The van der Waals surface area contributed by atoms with E-state index in [9.17, 15) is 5.11 Å². The van der Waals surface area contributed by atoms with Crippen LogP contribution >= 0.6 is 0 Å². The highest BCUT2D eigenvalue weighted by atomic mass is 16.3. The molecule has 12 heavy (non-hydrogen) atoms. The summed E-state index contributed by atoms with van der Waals surface area (Å²) >= 11 is 0. The number of rotatable bonds is 4. The lowest BCUT2D eigenvalue weighted by Gasteiger charge is -2.08. The molecule has 0 bridgehead atoms. The number of aromatic nitrogens is 1.